The quantitative estimate of drug-likeness (QED) is 0.267. The maximum absolute atomic E-state index is 13.6. The Morgan fingerprint density at radius 2 is 1.76 bits per heavy atom. The van der Waals surface area contributed by atoms with Gasteiger partial charge >= 0.3 is 0 Å². The SMILES string of the molecule is COc1cc2c(Nc3cc(Cl)ccc3Cl)ncnc2cc1O[C@H](CO)[C@H](O)[C@@H](O)[C@H](F)CO.O. The second-order valence-electron chi connectivity index (χ2n) is 7.01. The van der Waals surface area contributed by atoms with Gasteiger partial charge in [0.15, 0.2) is 23.8 Å². The smallest absolute Gasteiger partial charge is 0.164 e. The zero-order valence-corrected chi connectivity index (χ0v) is 19.3. The highest BCUT2D eigenvalue weighted by molar-refractivity contribution is 6.35. The van der Waals surface area contributed by atoms with Crippen LogP contribution in [0.25, 0.3) is 10.9 Å². The van der Waals surface area contributed by atoms with Gasteiger partial charge in [0.05, 0.1) is 36.6 Å². The first-order valence-electron chi connectivity index (χ1n) is 9.72. The minimum absolute atomic E-state index is 0. The molecule has 3 rings (SSSR count). The molecule has 0 saturated carbocycles. The first-order valence-corrected chi connectivity index (χ1v) is 10.5. The molecule has 0 spiro atoms. The second-order valence-corrected chi connectivity index (χ2v) is 7.85. The molecular formula is C21H24Cl2FN3O7. The summed E-state index contributed by atoms with van der Waals surface area (Å²) in [4.78, 5) is 8.44. The van der Waals surface area contributed by atoms with Crippen molar-refractivity contribution in [2.75, 3.05) is 25.6 Å². The average Bonchev–Trinajstić information content (AvgIpc) is 2.82. The topological polar surface area (TPSA) is 169 Å². The molecule has 4 atom stereocenters. The summed E-state index contributed by atoms with van der Waals surface area (Å²) in [5.74, 6) is 0.656. The molecule has 0 radical (unpaired) electrons. The van der Waals surface area contributed by atoms with Gasteiger partial charge in [0.2, 0.25) is 0 Å². The number of alkyl halides is 1. The van der Waals surface area contributed by atoms with E-state index >= 15 is 0 Å². The lowest BCUT2D eigenvalue weighted by atomic mass is 10.0. The number of rotatable bonds is 10. The maximum Gasteiger partial charge on any atom is 0.164 e. The first-order chi connectivity index (χ1) is 15.8. The summed E-state index contributed by atoms with van der Waals surface area (Å²) >= 11 is 12.3. The molecule has 1 heterocycles. The number of fused-ring (bicyclic) bond motifs is 1. The van der Waals surface area contributed by atoms with E-state index in [2.05, 4.69) is 15.3 Å². The molecular weight excluding hydrogens is 496 g/mol. The summed E-state index contributed by atoms with van der Waals surface area (Å²) in [6.45, 7) is -1.75. The Morgan fingerprint density at radius 1 is 1.03 bits per heavy atom. The standard InChI is InChI=1S/C21H22Cl2FN3O6.H2O/c1-32-16-5-11-14(6-17(16)33-18(8-29)20(31)19(30)13(24)7-28)25-9-26-21(11)27-15-4-10(22)2-3-12(15)23;/h2-6,9,13,18-20,28-31H,7-8H2,1H3,(H,25,26,27);1H2/t13-,18-,19+,20+;/m1./s1. The Bertz CT molecular complexity index is 1110. The predicted octanol–water partition coefficient (Wildman–Crippen LogP) is 1.66. The van der Waals surface area contributed by atoms with Crippen LogP contribution < -0.4 is 14.8 Å². The van der Waals surface area contributed by atoms with Crippen LogP contribution >= 0.6 is 23.2 Å². The van der Waals surface area contributed by atoms with E-state index in [1.807, 2.05) is 0 Å². The van der Waals surface area contributed by atoms with Crippen molar-refractivity contribution in [3.05, 3.63) is 46.7 Å². The number of halogens is 3. The Hall–Kier alpha value is -2.51. The normalized spacial score (nSPS) is 14.6. The van der Waals surface area contributed by atoms with Gasteiger partial charge in [-0.2, -0.15) is 0 Å². The van der Waals surface area contributed by atoms with Gasteiger partial charge in [0.25, 0.3) is 0 Å². The van der Waals surface area contributed by atoms with Crippen molar-refractivity contribution in [3.8, 4) is 11.5 Å². The van der Waals surface area contributed by atoms with Gasteiger partial charge in [-0.3, -0.25) is 0 Å². The number of nitrogens with zero attached hydrogens (tertiary/aromatic N) is 2. The molecule has 0 aliphatic carbocycles. The Kier molecular flexibility index (Phi) is 10.0. The van der Waals surface area contributed by atoms with E-state index in [9.17, 15) is 19.7 Å². The summed E-state index contributed by atoms with van der Waals surface area (Å²) in [6, 6.07) is 7.95. The van der Waals surface area contributed by atoms with Crippen molar-refractivity contribution < 1.29 is 39.8 Å². The molecule has 186 valence electrons. The minimum Gasteiger partial charge on any atom is -0.493 e. The molecule has 2 aromatic carbocycles. The van der Waals surface area contributed by atoms with Crippen LogP contribution in [0.5, 0.6) is 11.5 Å². The third-order valence-electron chi connectivity index (χ3n) is 4.84. The van der Waals surface area contributed by atoms with E-state index in [0.29, 0.717) is 32.5 Å². The Morgan fingerprint density at radius 3 is 2.41 bits per heavy atom. The number of aromatic nitrogens is 2. The molecule has 1 aromatic heterocycles. The van der Waals surface area contributed by atoms with Gasteiger partial charge in [-0.05, 0) is 24.3 Å². The van der Waals surface area contributed by atoms with E-state index in [1.165, 1.54) is 19.5 Å². The monoisotopic (exact) mass is 519 g/mol. The lowest BCUT2D eigenvalue weighted by Gasteiger charge is -2.28. The van der Waals surface area contributed by atoms with Crippen LogP contribution in [0.2, 0.25) is 10.0 Å². The number of nitrogens with one attached hydrogen (secondary N) is 1. The summed E-state index contributed by atoms with van der Waals surface area (Å²) < 4.78 is 24.6. The fraction of sp³-hybridized carbons (Fsp3) is 0.333. The van der Waals surface area contributed by atoms with E-state index in [4.69, 9.17) is 37.8 Å². The number of hydrogen-bond donors (Lipinski definition) is 5. The molecule has 0 amide bonds. The number of hydrogen-bond acceptors (Lipinski definition) is 9. The molecule has 0 fully saturated rings. The van der Waals surface area contributed by atoms with Gasteiger partial charge in [0.1, 0.15) is 24.4 Å². The molecule has 0 aliphatic heterocycles. The van der Waals surface area contributed by atoms with Crippen molar-refractivity contribution in [1.82, 2.24) is 9.97 Å². The molecule has 7 N–H and O–H groups in total. The van der Waals surface area contributed by atoms with Crippen molar-refractivity contribution in [2.45, 2.75) is 24.5 Å². The molecule has 3 aromatic rings. The van der Waals surface area contributed by atoms with Gasteiger partial charge < -0.3 is 40.7 Å². The van der Waals surface area contributed by atoms with Crippen LogP contribution in [-0.2, 0) is 0 Å². The number of ether oxygens (including phenoxy) is 2. The molecule has 10 nitrogen and oxygen atoms in total. The van der Waals surface area contributed by atoms with Crippen LogP contribution in [0.3, 0.4) is 0 Å². The molecule has 0 saturated heterocycles. The molecule has 34 heavy (non-hydrogen) atoms. The molecule has 0 bridgehead atoms. The largest absolute Gasteiger partial charge is 0.493 e. The summed E-state index contributed by atoms with van der Waals surface area (Å²) in [5.41, 5.74) is 0.928. The summed E-state index contributed by atoms with van der Waals surface area (Å²) in [6.07, 6.45) is -6.03. The zero-order chi connectivity index (χ0) is 24.1. The highest BCUT2D eigenvalue weighted by Crippen LogP contribution is 2.37. The number of anilines is 2. The van der Waals surface area contributed by atoms with E-state index in [0.717, 1.165) is 0 Å². The van der Waals surface area contributed by atoms with Crippen LogP contribution in [-0.4, -0.2) is 80.7 Å². The van der Waals surface area contributed by atoms with Crippen molar-refractivity contribution in [2.24, 2.45) is 0 Å². The van der Waals surface area contributed by atoms with E-state index < -0.39 is 37.7 Å². The van der Waals surface area contributed by atoms with Crippen molar-refractivity contribution in [3.63, 3.8) is 0 Å². The maximum atomic E-state index is 13.6. The Balaban J connectivity index is 0.00000408. The molecule has 0 aliphatic rings. The van der Waals surface area contributed by atoms with Gasteiger partial charge in [-0.25, -0.2) is 14.4 Å². The highest BCUT2D eigenvalue weighted by atomic mass is 35.5. The number of benzene rings is 2. The third kappa shape index (κ3) is 6.13. The predicted molar refractivity (Wildman–Crippen MR) is 125 cm³/mol. The first kappa shape index (κ1) is 27.7. The van der Waals surface area contributed by atoms with E-state index in [1.54, 1.807) is 24.3 Å². The summed E-state index contributed by atoms with van der Waals surface area (Å²) in [5, 5.41) is 43.0. The van der Waals surface area contributed by atoms with Gasteiger partial charge in [-0.1, -0.05) is 23.2 Å². The van der Waals surface area contributed by atoms with Crippen LogP contribution in [0, 0.1) is 0 Å². The molecule has 0 unspecified atom stereocenters. The minimum atomic E-state index is -2.11. The fourth-order valence-corrected chi connectivity index (χ4v) is 3.39. The lowest BCUT2D eigenvalue weighted by molar-refractivity contribution is -0.0981. The highest BCUT2D eigenvalue weighted by Gasteiger charge is 2.34. The number of aliphatic hydroxyl groups excluding tert-OH is 4. The lowest BCUT2D eigenvalue weighted by Crippen LogP contribution is -2.48. The van der Waals surface area contributed by atoms with Crippen LogP contribution in [0.4, 0.5) is 15.9 Å². The summed E-state index contributed by atoms with van der Waals surface area (Å²) in [7, 11) is 1.38. The zero-order valence-electron chi connectivity index (χ0n) is 17.8. The van der Waals surface area contributed by atoms with E-state index in [-0.39, 0.29) is 17.0 Å². The van der Waals surface area contributed by atoms with Crippen LogP contribution in [0.15, 0.2) is 36.7 Å². The number of methoxy groups -OCH3 is 1. The van der Waals surface area contributed by atoms with Gasteiger partial charge in [-0.15, -0.1) is 0 Å². The van der Waals surface area contributed by atoms with Gasteiger partial charge in [0, 0.05) is 16.5 Å². The van der Waals surface area contributed by atoms with Crippen molar-refractivity contribution in [1.29, 1.82) is 0 Å². The Labute approximate surface area is 203 Å². The third-order valence-corrected chi connectivity index (χ3v) is 5.40. The average molecular weight is 520 g/mol. The number of aliphatic hydroxyl groups is 4. The second kappa shape index (κ2) is 12.3. The van der Waals surface area contributed by atoms with Crippen LogP contribution in [0.1, 0.15) is 0 Å². The molecule has 13 heteroatoms. The fourth-order valence-electron chi connectivity index (χ4n) is 3.06. The van der Waals surface area contributed by atoms with Crippen molar-refractivity contribution >= 4 is 45.6 Å².